The van der Waals surface area contributed by atoms with Gasteiger partial charge in [-0.05, 0) is 57.2 Å². The maximum atomic E-state index is 9.99. The zero-order valence-corrected chi connectivity index (χ0v) is 15.2. The molecule has 2 N–H and O–H groups in total. The molecule has 25 heavy (non-hydrogen) atoms. The van der Waals surface area contributed by atoms with Gasteiger partial charge < -0.3 is 5.11 Å². The first-order valence-corrected chi connectivity index (χ1v) is 9.32. The van der Waals surface area contributed by atoms with E-state index in [9.17, 15) is 5.11 Å². The molecule has 4 rings (SSSR count). The average Bonchev–Trinajstić information content (AvgIpc) is 2.97. The van der Waals surface area contributed by atoms with Crippen LogP contribution in [0.1, 0.15) is 41.6 Å². The topological polar surface area (TPSA) is 70.4 Å². The van der Waals surface area contributed by atoms with Gasteiger partial charge in [0.2, 0.25) is 0 Å². The number of hydrogen-bond donors (Lipinski definition) is 2. The van der Waals surface area contributed by atoms with Crippen LogP contribution in [0.3, 0.4) is 0 Å². The highest BCUT2D eigenvalue weighted by molar-refractivity contribution is 7.19. The van der Waals surface area contributed by atoms with Gasteiger partial charge >= 0.3 is 0 Å². The number of thiophene rings is 1. The summed E-state index contributed by atoms with van der Waals surface area (Å²) in [5, 5.41) is 15.6. The quantitative estimate of drug-likeness (QED) is 0.541. The second kappa shape index (κ2) is 6.44. The third-order valence-corrected chi connectivity index (χ3v) is 5.74. The van der Waals surface area contributed by atoms with E-state index in [4.69, 9.17) is 0 Å². The SMILES string of the molecule is C/C(=N\Nc1nc(C)nc2sc3c(c12)CCCC3)c1ccccc1O. The molecule has 5 nitrogen and oxygen atoms in total. The van der Waals surface area contributed by atoms with Crippen molar-refractivity contribution < 1.29 is 5.11 Å². The van der Waals surface area contributed by atoms with E-state index < -0.39 is 0 Å². The van der Waals surface area contributed by atoms with Crippen molar-refractivity contribution in [1.29, 1.82) is 0 Å². The predicted molar refractivity (Wildman–Crippen MR) is 103 cm³/mol. The zero-order chi connectivity index (χ0) is 17.4. The van der Waals surface area contributed by atoms with Gasteiger partial charge in [0, 0.05) is 10.4 Å². The molecular formula is C19H20N4OS. The molecule has 0 aliphatic heterocycles. The molecule has 128 valence electrons. The van der Waals surface area contributed by atoms with E-state index >= 15 is 0 Å². The van der Waals surface area contributed by atoms with Crippen molar-refractivity contribution in [1.82, 2.24) is 9.97 Å². The summed E-state index contributed by atoms with van der Waals surface area (Å²) in [6.45, 7) is 3.78. The van der Waals surface area contributed by atoms with Crippen LogP contribution in [0.25, 0.3) is 10.2 Å². The first kappa shape index (κ1) is 16.0. The summed E-state index contributed by atoms with van der Waals surface area (Å²) >= 11 is 1.78. The second-order valence-corrected chi connectivity index (χ2v) is 7.42. The van der Waals surface area contributed by atoms with Crippen molar-refractivity contribution in [3.63, 3.8) is 0 Å². The van der Waals surface area contributed by atoms with E-state index in [1.807, 2.05) is 26.0 Å². The number of aromatic nitrogens is 2. The molecule has 3 aromatic rings. The Balaban J connectivity index is 1.75. The van der Waals surface area contributed by atoms with Gasteiger partial charge in [0.1, 0.15) is 16.4 Å². The molecule has 0 unspecified atom stereocenters. The fraction of sp³-hybridized carbons (Fsp3) is 0.316. The minimum Gasteiger partial charge on any atom is -0.507 e. The molecule has 0 amide bonds. The van der Waals surface area contributed by atoms with Crippen molar-refractivity contribution in [2.45, 2.75) is 39.5 Å². The number of aromatic hydroxyl groups is 1. The first-order valence-electron chi connectivity index (χ1n) is 8.51. The van der Waals surface area contributed by atoms with E-state index in [-0.39, 0.29) is 5.75 Å². The molecule has 1 aromatic carbocycles. The van der Waals surface area contributed by atoms with E-state index in [1.165, 1.54) is 23.3 Å². The molecule has 0 spiro atoms. The lowest BCUT2D eigenvalue weighted by Gasteiger charge is -2.12. The highest BCUT2D eigenvalue weighted by atomic mass is 32.1. The second-order valence-electron chi connectivity index (χ2n) is 6.34. The Hall–Kier alpha value is -2.47. The van der Waals surface area contributed by atoms with Gasteiger partial charge in [-0.2, -0.15) is 5.10 Å². The number of nitrogens with zero attached hydrogens (tertiary/aromatic N) is 3. The summed E-state index contributed by atoms with van der Waals surface area (Å²) < 4.78 is 0. The normalized spacial score (nSPS) is 14.6. The third-order valence-electron chi connectivity index (χ3n) is 4.55. The summed E-state index contributed by atoms with van der Waals surface area (Å²) in [4.78, 5) is 11.7. The molecule has 0 radical (unpaired) electrons. The number of phenols is 1. The zero-order valence-electron chi connectivity index (χ0n) is 14.3. The average molecular weight is 352 g/mol. The molecule has 0 fully saturated rings. The van der Waals surface area contributed by atoms with Crippen molar-refractivity contribution in [2.24, 2.45) is 5.10 Å². The van der Waals surface area contributed by atoms with Crippen LogP contribution < -0.4 is 5.43 Å². The van der Waals surface area contributed by atoms with Gasteiger partial charge in [-0.25, -0.2) is 9.97 Å². The van der Waals surface area contributed by atoms with Crippen molar-refractivity contribution in [2.75, 3.05) is 5.43 Å². The van der Waals surface area contributed by atoms with Crippen LogP contribution in [0.2, 0.25) is 0 Å². The third kappa shape index (κ3) is 2.98. The smallest absolute Gasteiger partial charge is 0.159 e. The molecule has 0 bridgehead atoms. The van der Waals surface area contributed by atoms with Gasteiger partial charge in [-0.15, -0.1) is 11.3 Å². The molecule has 6 heteroatoms. The number of nitrogens with one attached hydrogen (secondary N) is 1. The highest BCUT2D eigenvalue weighted by Gasteiger charge is 2.20. The fourth-order valence-electron chi connectivity index (χ4n) is 3.32. The Morgan fingerprint density at radius 3 is 2.84 bits per heavy atom. The lowest BCUT2D eigenvalue weighted by atomic mass is 9.97. The summed E-state index contributed by atoms with van der Waals surface area (Å²) in [5.41, 5.74) is 5.93. The maximum Gasteiger partial charge on any atom is 0.159 e. The Kier molecular flexibility index (Phi) is 4.13. The van der Waals surface area contributed by atoms with E-state index in [2.05, 4.69) is 20.5 Å². The van der Waals surface area contributed by atoms with E-state index in [1.54, 1.807) is 23.5 Å². The Morgan fingerprint density at radius 1 is 1.20 bits per heavy atom. The highest BCUT2D eigenvalue weighted by Crippen LogP contribution is 2.38. The van der Waals surface area contributed by atoms with Crippen LogP contribution in [0.15, 0.2) is 29.4 Å². The van der Waals surface area contributed by atoms with Gasteiger partial charge in [-0.1, -0.05) is 12.1 Å². The summed E-state index contributed by atoms with van der Waals surface area (Å²) in [6.07, 6.45) is 4.68. The lowest BCUT2D eigenvalue weighted by molar-refractivity contribution is 0.474. The number of phenolic OH excluding ortho intramolecular Hbond substituents is 1. The molecule has 0 saturated carbocycles. The Bertz CT molecular complexity index is 977. The van der Waals surface area contributed by atoms with E-state index in [0.717, 1.165) is 34.7 Å². The molecule has 2 heterocycles. The van der Waals surface area contributed by atoms with Gasteiger partial charge in [0.05, 0.1) is 11.1 Å². The summed E-state index contributed by atoms with van der Waals surface area (Å²) in [5.74, 6) is 1.73. The summed E-state index contributed by atoms with van der Waals surface area (Å²) in [7, 11) is 0. The minimum absolute atomic E-state index is 0.225. The van der Waals surface area contributed by atoms with Gasteiger partial charge in [0.25, 0.3) is 0 Å². The minimum atomic E-state index is 0.225. The molecular weight excluding hydrogens is 332 g/mol. The van der Waals surface area contributed by atoms with Crippen LogP contribution in [0, 0.1) is 6.92 Å². The van der Waals surface area contributed by atoms with Gasteiger partial charge in [-0.3, -0.25) is 5.43 Å². The van der Waals surface area contributed by atoms with Crippen molar-refractivity contribution in [3.8, 4) is 5.75 Å². The Labute approximate surface area is 150 Å². The largest absolute Gasteiger partial charge is 0.507 e. The van der Waals surface area contributed by atoms with Crippen molar-refractivity contribution >= 4 is 33.1 Å². The number of anilines is 1. The van der Waals surface area contributed by atoms with Crippen LogP contribution in [0.5, 0.6) is 5.75 Å². The Morgan fingerprint density at radius 2 is 2.00 bits per heavy atom. The standard InChI is InChI=1S/C19H20N4OS/c1-11(13-7-3-5-9-15(13)24)22-23-18-17-14-8-4-6-10-16(14)25-19(17)21-12(2)20-18/h3,5,7,9,24H,4,6,8,10H2,1-2H3,(H,20,21,23)/b22-11+. The molecule has 1 aliphatic rings. The maximum absolute atomic E-state index is 9.99. The number of benzene rings is 1. The van der Waals surface area contributed by atoms with E-state index in [0.29, 0.717) is 11.3 Å². The molecule has 2 aromatic heterocycles. The number of fused-ring (bicyclic) bond motifs is 3. The molecule has 0 atom stereocenters. The summed E-state index contributed by atoms with van der Waals surface area (Å²) in [6, 6.07) is 7.20. The predicted octanol–water partition coefficient (Wildman–Crippen LogP) is 4.42. The fourth-order valence-corrected chi connectivity index (χ4v) is 4.63. The number of rotatable bonds is 3. The first-order chi connectivity index (χ1) is 12.1. The van der Waals surface area contributed by atoms with Crippen molar-refractivity contribution in [3.05, 3.63) is 46.1 Å². The number of para-hydroxylation sites is 1. The monoisotopic (exact) mass is 352 g/mol. The van der Waals surface area contributed by atoms with Crippen LogP contribution in [-0.4, -0.2) is 20.8 Å². The molecule has 0 saturated heterocycles. The number of hydrazone groups is 1. The number of aryl methyl sites for hydroxylation is 3. The molecule has 1 aliphatic carbocycles. The van der Waals surface area contributed by atoms with Crippen LogP contribution in [0.4, 0.5) is 5.82 Å². The number of hydrogen-bond acceptors (Lipinski definition) is 6. The van der Waals surface area contributed by atoms with Gasteiger partial charge in [0.15, 0.2) is 5.82 Å². The lowest BCUT2D eigenvalue weighted by Crippen LogP contribution is -2.04. The van der Waals surface area contributed by atoms with Crippen LogP contribution in [-0.2, 0) is 12.8 Å². The van der Waals surface area contributed by atoms with Crippen LogP contribution >= 0.6 is 11.3 Å².